The highest BCUT2D eigenvalue weighted by Crippen LogP contribution is 2.21. The van der Waals surface area contributed by atoms with Gasteiger partial charge in [-0.25, -0.2) is 27.8 Å². The van der Waals surface area contributed by atoms with Gasteiger partial charge < -0.3 is 0 Å². The Balaban J connectivity index is 2.04. The number of hydrogen-bond donors (Lipinski definition) is 2. The van der Waals surface area contributed by atoms with E-state index in [1.165, 1.54) is 42.4 Å². The highest BCUT2D eigenvalue weighted by atomic mass is 32.2. The number of aromatic nitrogens is 3. The standard InChI is InChI=1S/C15H12N4O4S/c20-14(18-21)5-4-11-2-1-3-13(8-11)24(22,23)19-7-6-12-9-16-10-17-15(12)19/h1-10,21H,(H,18,20)/b5-4+. The summed E-state index contributed by atoms with van der Waals surface area (Å²) in [4.78, 5) is 18.9. The summed E-state index contributed by atoms with van der Waals surface area (Å²) in [6, 6.07) is 7.68. The van der Waals surface area contributed by atoms with Crippen molar-refractivity contribution in [2.75, 3.05) is 0 Å². The van der Waals surface area contributed by atoms with Gasteiger partial charge in [0.2, 0.25) is 0 Å². The average Bonchev–Trinajstić information content (AvgIpc) is 3.04. The van der Waals surface area contributed by atoms with Crippen molar-refractivity contribution in [1.82, 2.24) is 19.4 Å². The van der Waals surface area contributed by atoms with Crippen molar-refractivity contribution in [2.45, 2.75) is 4.90 Å². The summed E-state index contributed by atoms with van der Waals surface area (Å²) in [7, 11) is -3.85. The number of fused-ring (bicyclic) bond motifs is 1. The fourth-order valence-electron chi connectivity index (χ4n) is 2.15. The lowest BCUT2D eigenvalue weighted by Crippen LogP contribution is -2.15. The zero-order valence-electron chi connectivity index (χ0n) is 12.2. The zero-order valence-corrected chi connectivity index (χ0v) is 13.0. The minimum Gasteiger partial charge on any atom is -0.288 e. The molecule has 8 nitrogen and oxygen atoms in total. The summed E-state index contributed by atoms with van der Waals surface area (Å²) in [6.45, 7) is 0. The lowest BCUT2D eigenvalue weighted by molar-refractivity contribution is -0.124. The Morgan fingerprint density at radius 3 is 2.92 bits per heavy atom. The number of carbonyl (C=O) groups is 1. The molecule has 0 unspecified atom stereocenters. The van der Waals surface area contributed by atoms with E-state index in [0.717, 1.165) is 10.0 Å². The molecule has 2 aromatic heterocycles. The van der Waals surface area contributed by atoms with Crippen LogP contribution in [0.2, 0.25) is 0 Å². The third kappa shape index (κ3) is 2.90. The van der Waals surface area contributed by atoms with Gasteiger partial charge in [-0.05, 0) is 29.8 Å². The van der Waals surface area contributed by atoms with Gasteiger partial charge in [0, 0.05) is 23.9 Å². The van der Waals surface area contributed by atoms with Gasteiger partial charge in [0.25, 0.3) is 15.9 Å². The van der Waals surface area contributed by atoms with Crippen LogP contribution in [0.15, 0.2) is 60.0 Å². The van der Waals surface area contributed by atoms with Crippen molar-refractivity contribution in [1.29, 1.82) is 0 Å². The van der Waals surface area contributed by atoms with Crippen molar-refractivity contribution in [3.8, 4) is 0 Å². The predicted octanol–water partition coefficient (Wildman–Crippen LogP) is 1.19. The third-order valence-corrected chi connectivity index (χ3v) is 4.93. The minimum absolute atomic E-state index is 0.0465. The van der Waals surface area contributed by atoms with Crippen molar-refractivity contribution < 1.29 is 18.4 Å². The number of carbonyl (C=O) groups excluding carboxylic acids is 1. The van der Waals surface area contributed by atoms with Crippen molar-refractivity contribution in [2.24, 2.45) is 0 Å². The van der Waals surface area contributed by atoms with Crippen molar-refractivity contribution >= 4 is 33.0 Å². The molecular weight excluding hydrogens is 332 g/mol. The number of nitrogens with zero attached hydrogens (tertiary/aromatic N) is 3. The molecule has 24 heavy (non-hydrogen) atoms. The summed E-state index contributed by atoms with van der Waals surface area (Å²) in [6.07, 6.45) is 6.70. The number of hydrogen-bond acceptors (Lipinski definition) is 6. The molecule has 3 aromatic rings. The number of amides is 1. The van der Waals surface area contributed by atoms with E-state index in [9.17, 15) is 13.2 Å². The molecule has 0 aliphatic carbocycles. The van der Waals surface area contributed by atoms with Crippen LogP contribution >= 0.6 is 0 Å². The molecule has 2 heterocycles. The molecule has 0 fully saturated rings. The molecule has 9 heteroatoms. The highest BCUT2D eigenvalue weighted by molar-refractivity contribution is 7.90. The second kappa shape index (κ2) is 6.22. The van der Waals surface area contributed by atoms with Gasteiger partial charge in [0.1, 0.15) is 6.33 Å². The van der Waals surface area contributed by atoms with E-state index >= 15 is 0 Å². The van der Waals surface area contributed by atoms with Crippen molar-refractivity contribution in [3.63, 3.8) is 0 Å². The number of benzene rings is 1. The van der Waals surface area contributed by atoms with Crippen LogP contribution in [0, 0.1) is 0 Å². The second-order valence-corrected chi connectivity index (χ2v) is 6.62. The number of nitrogens with one attached hydrogen (secondary N) is 1. The van der Waals surface area contributed by atoms with Crippen LogP contribution < -0.4 is 5.48 Å². The highest BCUT2D eigenvalue weighted by Gasteiger charge is 2.19. The Hall–Kier alpha value is -3.04. The van der Waals surface area contributed by atoms with Crippen LogP contribution in [0.25, 0.3) is 17.1 Å². The molecule has 1 amide bonds. The number of hydroxylamine groups is 1. The first-order valence-corrected chi connectivity index (χ1v) is 8.21. The lowest BCUT2D eigenvalue weighted by Gasteiger charge is -2.07. The van der Waals surface area contributed by atoms with Gasteiger partial charge in [-0.2, -0.15) is 0 Å². The Bertz CT molecular complexity index is 1040. The normalized spacial score (nSPS) is 11.9. The Morgan fingerprint density at radius 2 is 2.12 bits per heavy atom. The third-order valence-electron chi connectivity index (χ3n) is 3.27. The summed E-state index contributed by atoms with van der Waals surface area (Å²) in [5.74, 6) is -0.712. The van der Waals surface area contributed by atoms with Crippen LogP contribution in [0.5, 0.6) is 0 Å². The predicted molar refractivity (Wildman–Crippen MR) is 85.5 cm³/mol. The molecule has 3 rings (SSSR count). The van der Waals surface area contributed by atoms with Gasteiger partial charge in [0.05, 0.1) is 4.90 Å². The van der Waals surface area contributed by atoms with Crippen LogP contribution in [0.1, 0.15) is 5.56 Å². The SMILES string of the molecule is O=C(/C=C/c1cccc(S(=O)(=O)n2ccc3cncnc32)c1)NO. The van der Waals surface area contributed by atoms with E-state index in [1.807, 2.05) is 0 Å². The van der Waals surface area contributed by atoms with Gasteiger partial charge in [-0.15, -0.1) is 0 Å². The molecule has 0 atom stereocenters. The first kappa shape index (κ1) is 15.8. The fourth-order valence-corrected chi connectivity index (χ4v) is 3.51. The summed E-state index contributed by atoms with van der Waals surface area (Å²) in [5, 5.41) is 9.07. The van der Waals surface area contributed by atoms with Crippen LogP contribution in [-0.4, -0.2) is 33.5 Å². The molecule has 0 saturated heterocycles. The quantitative estimate of drug-likeness (QED) is 0.417. The Morgan fingerprint density at radius 1 is 1.29 bits per heavy atom. The Labute approximate surface area is 137 Å². The molecule has 0 aliphatic heterocycles. The Kier molecular flexibility index (Phi) is 4.11. The molecule has 0 radical (unpaired) electrons. The topological polar surface area (TPSA) is 114 Å². The molecule has 1 aromatic carbocycles. The maximum Gasteiger partial charge on any atom is 0.269 e. The average molecular weight is 344 g/mol. The van der Waals surface area contributed by atoms with Gasteiger partial charge in [-0.3, -0.25) is 10.0 Å². The molecular formula is C15H12N4O4S. The minimum atomic E-state index is -3.85. The van der Waals surface area contributed by atoms with E-state index in [0.29, 0.717) is 10.9 Å². The van der Waals surface area contributed by atoms with Crippen LogP contribution in [-0.2, 0) is 14.8 Å². The van der Waals surface area contributed by atoms with E-state index in [2.05, 4.69) is 9.97 Å². The van der Waals surface area contributed by atoms with E-state index in [1.54, 1.807) is 18.2 Å². The van der Waals surface area contributed by atoms with E-state index < -0.39 is 15.9 Å². The van der Waals surface area contributed by atoms with Gasteiger partial charge >= 0.3 is 0 Å². The largest absolute Gasteiger partial charge is 0.288 e. The number of rotatable bonds is 4. The van der Waals surface area contributed by atoms with Crippen LogP contribution in [0.4, 0.5) is 0 Å². The monoisotopic (exact) mass is 344 g/mol. The van der Waals surface area contributed by atoms with Crippen LogP contribution in [0.3, 0.4) is 0 Å². The first-order valence-electron chi connectivity index (χ1n) is 6.77. The summed E-state index contributed by atoms with van der Waals surface area (Å²) in [5.41, 5.74) is 2.23. The summed E-state index contributed by atoms with van der Waals surface area (Å²) < 4.78 is 26.7. The smallest absolute Gasteiger partial charge is 0.269 e. The summed E-state index contributed by atoms with van der Waals surface area (Å²) >= 11 is 0. The van der Waals surface area contributed by atoms with E-state index in [-0.39, 0.29) is 10.5 Å². The maximum absolute atomic E-state index is 12.8. The molecule has 122 valence electrons. The molecule has 2 N–H and O–H groups in total. The fraction of sp³-hybridized carbons (Fsp3) is 0. The van der Waals surface area contributed by atoms with Crippen molar-refractivity contribution in [3.05, 3.63) is 60.7 Å². The maximum atomic E-state index is 12.8. The molecule has 0 aliphatic rings. The second-order valence-electron chi connectivity index (χ2n) is 4.80. The molecule has 0 spiro atoms. The first-order chi connectivity index (χ1) is 11.5. The molecule has 0 bridgehead atoms. The zero-order chi connectivity index (χ0) is 17.2. The molecule has 0 saturated carbocycles. The van der Waals surface area contributed by atoms with Gasteiger partial charge in [0.15, 0.2) is 5.65 Å². The van der Waals surface area contributed by atoms with E-state index in [4.69, 9.17) is 5.21 Å². The van der Waals surface area contributed by atoms with Gasteiger partial charge in [-0.1, -0.05) is 12.1 Å². The lowest BCUT2D eigenvalue weighted by atomic mass is 10.2.